The molecule has 0 unspecified atom stereocenters. The van der Waals surface area contributed by atoms with Gasteiger partial charge >= 0.3 is 0 Å². The van der Waals surface area contributed by atoms with Gasteiger partial charge in [0.05, 0.1) is 0 Å². The van der Waals surface area contributed by atoms with Crippen molar-refractivity contribution >= 4 is 21.9 Å². The monoisotopic (exact) mass is 199 g/mol. The third-order valence-corrected chi connectivity index (χ3v) is 2.18. The van der Waals surface area contributed by atoms with Crippen molar-refractivity contribution in [1.82, 2.24) is 4.98 Å². The molecule has 3 aromatic rings. The molecule has 76 valence electrons. The summed E-state index contributed by atoms with van der Waals surface area (Å²) in [5.74, 6) is 0. The molecule has 0 atom stereocenters. The quantitative estimate of drug-likeness (QED) is 0.546. The molecule has 0 amide bonds. The minimum atomic E-state index is 0.899. The molecule has 2 aromatic heterocycles. The van der Waals surface area contributed by atoms with Crippen LogP contribution in [-0.2, 0) is 0 Å². The molecule has 0 bridgehead atoms. The molecule has 0 saturated heterocycles. The Morgan fingerprint density at radius 3 is 2.53 bits per heavy atom. The van der Waals surface area contributed by atoms with E-state index >= 15 is 0 Å². The van der Waals surface area contributed by atoms with Gasteiger partial charge in [-0.15, -0.1) is 0 Å². The van der Waals surface area contributed by atoms with Crippen LogP contribution in [0, 0.1) is 0 Å². The third kappa shape index (κ3) is 1.59. The molecule has 2 heterocycles. The average molecular weight is 199 g/mol. The number of nitrogens with zero attached hydrogens (tertiary/aromatic N) is 1. The van der Waals surface area contributed by atoms with Gasteiger partial charge in [0, 0.05) is 23.2 Å². The molecule has 2 nitrogen and oxygen atoms in total. The Morgan fingerprint density at radius 1 is 0.933 bits per heavy atom. The third-order valence-electron chi connectivity index (χ3n) is 2.18. The van der Waals surface area contributed by atoms with Crippen molar-refractivity contribution in [1.29, 1.82) is 0 Å². The van der Waals surface area contributed by atoms with Crippen molar-refractivity contribution in [2.24, 2.45) is 0 Å². The summed E-state index contributed by atoms with van der Waals surface area (Å²) in [5.41, 5.74) is 1.82. The molecule has 0 aliphatic carbocycles. The minimum absolute atomic E-state index is 0.899. The molecule has 15 heavy (non-hydrogen) atoms. The first-order valence-corrected chi connectivity index (χ1v) is 5.16. The van der Waals surface area contributed by atoms with Crippen molar-refractivity contribution in [2.45, 2.75) is 13.8 Å². The van der Waals surface area contributed by atoms with Crippen LogP contribution in [-0.4, -0.2) is 4.98 Å². The Balaban J connectivity index is 0.000000404. The van der Waals surface area contributed by atoms with Gasteiger partial charge in [-0.1, -0.05) is 32.0 Å². The molecule has 0 aliphatic heterocycles. The summed E-state index contributed by atoms with van der Waals surface area (Å²) in [6.07, 6.45) is 3.58. The smallest absolute Gasteiger partial charge is 0.138 e. The fourth-order valence-electron chi connectivity index (χ4n) is 1.57. The highest BCUT2D eigenvalue weighted by molar-refractivity contribution is 6.04. The van der Waals surface area contributed by atoms with Crippen LogP contribution >= 0.6 is 0 Å². The topological polar surface area (TPSA) is 26.0 Å². The molecule has 0 radical (unpaired) electrons. The van der Waals surface area contributed by atoms with Crippen molar-refractivity contribution in [3.05, 3.63) is 42.7 Å². The van der Waals surface area contributed by atoms with E-state index in [9.17, 15) is 0 Å². The molecular formula is C13H13NO. The Labute approximate surface area is 88.5 Å². The predicted molar refractivity (Wildman–Crippen MR) is 62.9 cm³/mol. The predicted octanol–water partition coefficient (Wildman–Crippen LogP) is 4.01. The number of hydrogen-bond acceptors (Lipinski definition) is 2. The van der Waals surface area contributed by atoms with Crippen LogP contribution in [0.15, 0.2) is 47.1 Å². The summed E-state index contributed by atoms with van der Waals surface area (Å²) in [6.45, 7) is 4.00. The number of pyridine rings is 1. The van der Waals surface area contributed by atoms with Crippen LogP contribution in [0.5, 0.6) is 0 Å². The average Bonchev–Trinajstić information content (AvgIpc) is 2.70. The van der Waals surface area contributed by atoms with E-state index in [-0.39, 0.29) is 0 Å². The van der Waals surface area contributed by atoms with E-state index in [0.717, 1.165) is 21.9 Å². The van der Waals surface area contributed by atoms with Gasteiger partial charge in [-0.3, -0.25) is 4.98 Å². The molecule has 0 spiro atoms. The number of fused-ring (bicyclic) bond motifs is 3. The minimum Gasteiger partial charge on any atom is -0.456 e. The Morgan fingerprint density at radius 2 is 1.67 bits per heavy atom. The lowest BCUT2D eigenvalue weighted by molar-refractivity contribution is 0.668. The van der Waals surface area contributed by atoms with Crippen LogP contribution in [0.25, 0.3) is 21.9 Å². The maximum Gasteiger partial charge on any atom is 0.138 e. The van der Waals surface area contributed by atoms with Gasteiger partial charge in [-0.2, -0.15) is 0 Å². The van der Waals surface area contributed by atoms with Crippen LogP contribution in [0.2, 0.25) is 0 Å². The lowest BCUT2D eigenvalue weighted by Crippen LogP contribution is -1.67. The standard InChI is InChI=1S/C11H7NO.C2H6/c1-2-4-10-8(3-1)9-7-12-6-5-11(9)13-10;1-2/h1-7H;1-2H3. The number of hydrogen-bond donors (Lipinski definition) is 0. The Hall–Kier alpha value is -1.83. The molecule has 0 N–H and O–H groups in total. The van der Waals surface area contributed by atoms with E-state index < -0.39 is 0 Å². The highest BCUT2D eigenvalue weighted by Crippen LogP contribution is 2.26. The van der Waals surface area contributed by atoms with E-state index in [4.69, 9.17) is 4.42 Å². The number of para-hydroxylation sites is 1. The molecule has 0 aliphatic rings. The SMILES string of the molecule is CC.c1ccc2c(c1)oc1ccncc12. The summed E-state index contributed by atoms with van der Waals surface area (Å²) in [6, 6.07) is 9.87. The summed E-state index contributed by atoms with van der Waals surface area (Å²) >= 11 is 0. The summed E-state index contributed by atoms with van der Waals surface area (Å²) in [5, 5.41) is 2.21. The van der Waals surface area contributed by atoms with Gasteiger partial charge < -0.3 is 4.42 Å². The van der Waals surface area contributed by atoms with Crippen LogP contribution in [0.4, 0.5) is 0 Å². The van der Waals surface area contributed by atoms with Gasteiger partial charge in [0.25, 0.3) is 0 Å². The maximum atomic E-state index is 5.61. The van der Waals surface area contributed by atoms with Crippen molar-refractivity contribution < 1.29 is 4.42 Å². The summed E-state index contributed by atoms with van der Waals surface area (Å²) < 4.78 is 5.61. The second kappa shape index (κ2) is 4.13. The molecule has 0 saturated carbocycles. The van der Waals surface area contributed by atoms with Gasteiger partial charge in [0.15, 0.2) is 0 Å². The first-order chi connectivity index (χ1) is 7.45. The van der Waals surface area contributed by atoms with E-state index in [1.807, 2.05) is 50.4 Å². The maximum absolute atomic E-state index is 5.61. The zero-order valence-electron chi connectivity index (χ0n) is 8.90. The number of furan rings is 1. The summed E-state index contributed by atoms with van der Waals surface area (Å²) in [4.78, 5) is 4.08. The number of aromatic nitrogens is 1. The largest absolute Gasteiger partial charge is 0.456 e. The first-order valence-electron chi connectivity index (χ1n) is 5.16. The van der Waals surface area contributed by atoms with Crippen LogP contribution in [0.3, 0.4) is 0 Å². The van der Waals surface area contributed by atoms with Gasteiger partial charge in [-0.25, -0.2) is 0 Å². The normalized spacial score (nSPS) is 10.0. The second-order valence-electron chi connectivity index (χ2n) is 2.97. The lowest BCUT2D eigenvalue weighted by Gasteiger charge is -1.84. The van der Waals surface area contributed by atoms with Crippen molar-refractivity contribution in [2.75, 3.05) is 0 Å². The molecule has 2 heteroatoms. The second-order valence-corrected chi connectivity index (χ2v) is 2.97. The zero-order chi connectivity index (χ0) is 10.7. The van der Waals surface area contributed by atoms with Crippen LogP contribution in [0.1, 0.15) is 13.8 Å². The lowest BCUT2D eigenvalue weighted by atomic mass is 10.2. The van der Waals surface area contributed by atoms with E-state index in [2.05, 4.69) is 4.98 Å². The Kier molecular flexibility index (Phi) is 2.68. The van der Waals surface area contributed by atoms with Gasteiger partial charge in [-0.05, 0) is 12.1 Å². The van der Waals surface area contributed by atoms with E-state index in [0.29, 0.717) is 0 Å². The highest BCUT2D eigenvalue weighted by atomic mass is 16.3. The number of rotatable bonds is 0. The number of benzene rings is 1. The van der Waals surface area contributed by atoms with Crippen molar-refractivity contribution in [3.63, 3.8) is 0 Å². The fraction of sp³-hybridized carbons (Fsp3) is 0.154. The zero-order valence-corrected chi connectivity index (χ0v) is 8.90. The highest BCUT2D eigenvalue weighted by Gasteiger charge is 2.03. The molecule has 3 rings (SSSR count). The first kappa shape index (κ1) is 9.71. The van der Waals surface area contributed by atoms with Gasteiger partial charge in [0.2, 0.25) is 0 Å². The van der Waals surface area contributed by atoms with Gasteiger partial charge in [0.1, 0.15) is 11.2 Å². The summed E-state index contributed by atoms with van der Waals surface area (Å²) in [7, 11) is 0. The van der Waals surface area contributed by atoms with E-state index in [1.165, 1.54) is 0 Å². The van der Waals surface area contributed by atoms with Crippen LogP contribution < -0.4 is 0 Å². The van der Waals surface area contributed by atoms with Crippen molar-refractivity contribution in [3.8, 4) is 0 Å². The molecular weight excluding hydrogens is 186 g/mol. The molecule has 0 fully saturated rings. The van der Waals surface area contributed by atoms with E-state index in [1.54, 1.807) is 6.20 Å². The molecule has 1 aromatic carbocycles. The fourth-order valence-corrected chi connectivity index (χ4v) is 1.57. The Bertz CT molecular complexity index is 518.